The van der Waals surface area contributed by atoms with E-state index in [1.165, 1.54) is 0 Å². The largest absolute Gasteiger partial charge is 0.313 e. The fourth-order valence-corrected chi connectivity index (χ4v) is 3.66. The number of aliphatic imine (C=N–C) groups is 1. The summed E-state index contributed by atoms with van der Waals surface area (Å²) in [4.78, 5) is 19.3. The van der Waals surface area contributed by atoms with Gasteiger partial charge in [-0.25, -0.2) is 0 Å². The number of para-hydroxylation sites is 1. The predicted octanol–water partition coefficient (Wildman–Crippen LogP) is 5.75. The highest BCUT2D eigenvalue weighted by molar-refractivity contribution is 8.93. The van der Waals surface area contributed by atoms with Gasteiger partial charge in [-0.3, -0.25) is 9.79 Å². The predicted molar refractivity (Wildman–Crippen MR) is 114 cm³/mol. The van der Waals surface area contributed by atoms with Crippen molar-refractivity contribution in [2.24, 2.45) is 4.99 Å². The molecular formula is C18H17BrCl2N2OS. The minimum absolute atomic E-state index is 0. The van der Waals surface area contributed by atoms with E-state index in [1.807, 2.05) is 35.2 Å². The molecule has 1 aliphatic rings. The van der Waals surface area contributed by atoms with Gasteiger partial charge in [-0.15, -0.1) is 17.0 Å². The van der Waals surface area contributed by atoms with Crippen molar-refractivity contribution in [3.8, 4) is 0 Å². The van der Waals surface area contributed by atoms with Gasteiger partial charge in [0.25, 0.3) is 0 Å². The molecule has 0 saturated carbocycles. The molecule has 2 aromatic carbocycles. The molecule has 0 aromatic heterocycles. The fraction of sp³-hybridized carbons (Fsp3) is 0.222. The molecule has 0 spiro atoms. The zero-order chi connectivity index (χ0) is 16.9. The average Bonchev–Trinajstić information content (AvgIpc) is 2.63. The van der Waals surface area contributed by atoms with Crippen LogP contribution in [-0.2, 0) is 0 Å². The Kier molecular flexibility index (Phi) is 7.81. The van der Waals surface area contributed by atoms with Crippen LogP contribution >= 0.6 is 51.9 Å². The Balaban J connectivity index is 0.00000225. The van der Waals surface area contributed by atoms with E-state index in [0.29, 0.717) is 15.6 Å². The highest BCUT2D eigenvalue weighted by Gasteiger charge is 2.20. The van der Waals surface area contributed by atoms with Crippen LogP contribution in [0.25, 0.3) is 0 Å². The Hall–Kier alpha value is -1.01. The lowest BCUT2D eigenvalue weighted by Gasteiger charge is -2.27. The smallest absolute Gasteiger partial charge is 0.182 e. The summed E-state index contributed by atoms with van der Waals surface area (Å²) in [6.45, 7) is 1.01. The first-order valence-corrected chi connectivity index (χ1v) is 9.37. The number of benzene rings is 2. The first kappa shape index (κ1) is 20.3. The number of thioether (sulfide) groups is 1. The second-order valence-electron chi connectivity index (χ2n) is 5.34. The molecule has 2 aromatic rings. The van der Waals surface area contributed by atoms with Gasteiger partial charge in [-0.05, 0) is 36.8 Å². The van der Waals surface area contributed by atoms with E-state index in [4.69, 9.17) is 23.2 Å². The summed E-state index contributed by atoms with van der Waals surface area (Å²) < 4.78 is 0. The lowest BCUT2D eigenvalue weighted by Crippen LogP contribution is -2.35. The molecule has 0 amide bonds. The Morgan fingerprint density at radius 2 is 1.88 bits per heavy atom. The number of Topliss-reactive ketones (excluding diaryl/α,β-unsaturated/α-hetero) is 1. The van der Waals surface area contributed by atoms with Gasteiger partial charge in [0, 0.05) is 23.5 Å². The van der Waals surface area contributed by atoms with E-state index in [0.717, 1.165) is 29.6 Å². The third kappa shape index (κ3) is 5.23. The molecule has 0 unspecified atom stereocenters. The number of carbonyl (C=O) groups excluding carboxylic acids is 1. The van der Waals surface area contributed by atoms with Crippen molar-refractivity contribution in [1.82, 2.24) is 0 Å². The Bertz CT molecular complexity index is 771. The van der Waals surface area contributed by atoms with Gasteiger partial charge in [-0.2, -0.15) is 0 Å². The van der Waals surface area contributed by atoms with E-state index in [1.54, 1.807) is 30.0 Å². The zero-order valence-corrected chi connectivity index (χ0v) is 17.4. The zero-order valence-electron chi connectivity index (χ0n) is 13.3. The molecule has 0 N–H and O–H groups in total. The number of rotatable bonds is 4. The highest BCUT2D eigenvalue weighted by atomic mass is 79.9. The molecule has 132 valence electrons. The molecular weight excluding hydrogens is 443 g/mol. The SMILES string of the molecule is Br.O=C(CN(C1=NCCCS1)c1ccccc1)c1ccc(Cl)c(Cl)c1. The Morgan fingerprint density at radius 3 is 2.52 bits per heavy atom. The van der Waals surface area contributed by atoms with Crippen LogP contribution < -0.4 is 4.90 Å². The monoisotopic (exact) mass is 458 g/mol. The maximum Gasteiger partial charge on any atom is 0.182 e. The van der Waals surface area contributed by atoms with Crippen molar-refractivity contribution in [2.45, 2.75) is 6.42 Å². The van der Waals surface area contributed by atoms with Crippen molar-refractivity contribution in [2.75, 3.05) is 23.7 Å². The molecule has 0 radical (unpaired) electrons. The molecule has 7 heteroatoms. The number of nitrogens with zero attached hydrogens (tertiary/aromatic N) is 2. The van der Waals surface area contributed by atoms with Gasteiger partial charge in [0.2, 0.25) is 0 Å². The second-order valence-corrected chi connectivity index (χ2v) is 7.22. The van der Waals surface area contributed by atoms with Crippen LogP contribution in [0.5, 0.6) is 0 Å². The number of hydrogen-bond acceptors (Lipinski definition) is 4. The number of ketones is 1. The molecule has 25 heavy (non-hydrogen) atoms. The molecule has 3 rings (SSSR count). The van der Waals surface area contributed by atoms with Gasteiger partial charge < -0.3 is 4.90 Å². The molecule has 0 fully saturated rings. The van der Waals surface area contributed by atoms with Crippen LogP contribution in [0.15, 0.2) is 53.5 Å². The third-order valence-electron chi connectivity index (χ3n) is 3.62. The highest BCUT2D eigenvalue weighted by Crippen LogP contribution is 2.25. The van der Waals surface area contributed by atoms with Crippen LogP contribution in [0, 0.1) is 0 Å². The Morgan fingerprint density at radius 1 is 1.12 bits per heavy atom. The van der Waals surface area contributed by atoms with Crippen molar-refractivity contribution in [1.29, 1.82) is 0 Å². The van der Waals surface area contributed by atoms with Crippen molar-refractivity contribution < 1.29 is 4.79 Å². The van der Waals surface area contributed by atoms with Crippen molar-refractivity contribution in [3.05, 3.63) is 64.1 Å². The average molecular weight is 460 g/mol. The maximum absolute atomic E-state index is 12.7. The first-order valence-electron chi connectivity index (χ1n) is 7.63. The van der Waals surface area contributed by atoms with E-state index >= 15 is 0 Å². The minimum atomic E-state index is -0.0220. The standard InChI is InChI=1S/C18H16Cl2N2OS.BrH/c19-15-8-7-13(11-16(15)20)17(23)12-22(14-5-2-1-3-6-14)18-21-9-4-10-24-18;/h1-3,5-8,11H,4,9-10,12H2;1H. The third-order valence-corrected chi connectivity index (χ3v) is 5.46. The summed E-state index contributed by atoms with van der Waals surface area (Å²) >= 11 is 13.7. The minimum Gasteiger partial charge on any atom is -0.313 e. The summed E-state index contributed by atoms with van der Waals surface area (Å²) in [6, 6.07) is 14.8. The van der Waals surface area contributed by atoms with Gasteiger partial charge >= 0.3 is 0 Å². The van der Waals surface area contributed by atoms with E-state index in [9.17, 15) is 4.79 Å². The summed E-state index contributed by atoms with van der Waals surface area (Å²) in [7, 11) is 0. The quantitative estimate of drug-likeness (QED) is 0.545. The topological polar surface area (TPSA) is 32.7 Å². The molecule has 1 heterocycles. The lowest BCUT2D eigenvalue weighted by molar-refractivity contribution is 0.100. The number of halogens is 3. The number of amidine groups is 1. The molecule has 3 nitrogen and oxygen atoms in total. The molecule has 0 aliphatic carbocycles. The maximum atomic E-state index is 12.7. The normalized spacial score (nSPS) is 13.6. The van der Waals surface area contributed by atoms with Crippen molar-refractivity contribution >= 4 is 68.6 Å². The summed E-state index contributed by atoms with van der Waals surface area (Å²) in [6.07, 6.45) is 1.07. The van der Waals surface area contributed by atoms with Gasteiger partial charge in [-0.1, -0.05) is 53.2 Å². The lowest BCUT2D eigenvalue weighted by atomic mass is 10.1. The summed E-state index contributed by atoms with van der Waals surface area (Å²) in [5.41, 5.74) is 1.51. The number of carbonyl (C=O) groups is 1. The molecule has 0 bridgehead atoms. The molecule has 0 saturated heterocycles. The summed E-state index contributed by atoms with van der Waals surface area (Å²) in [5.74, 6) is 0.995. The molecule has 1 aliphatic heterocycles. The molecule has 0 atom stereocenters. The van der Waals surface area contributed by atoms with E-state index in [2.05, 4.69) is 4.99 Å². The fourth-order valence-electron chi connectivity index (χ4n) is 2.39. The van der Waals surface area contributed by atoms with Crippen LogP contribution in [-0.4, -0.2) is 29.8 Å². The summed E-state index contributed by atoms with van der Waals surface area (Å²) in [5, 5.41) is 1.72. The number of hydrogen-bond donors (Lipinski definition) is 0. The number of anilines is 1. The van der Waals surface area contributed by atoms with Crippen LogP contribution in [0.2, 0.25) is 10.0 Å². The van der Waals surface area contributed by atoms with Crippen LogP contribution in [0.3, 0.4) is 0 Å². The van der Waals surface area contributed by atoms with Gasteiger partial charge in [0.1, 0.15) is 0 Å². The van der Waals surface area contributed by atoms with Gasteiger partial charge in [0.15, 0.2) is 11.0 Å². The Labute approximate surface area is 172 Å². The van der Waals surface area contributed by atoms with E-state index in [-0.39, 0.29) is 29.3 Å². The van der Waals surface area contributed by atoms with Crippen molar-refractivity contribution in [3.63, 3.8) is 0 Å². The van der Waals surface area contributed by atoms with Crippen LogP contribution in [0.1, 0.15) is 16.8 Å². The first-order chi connectivity index (χ1) is 11.6. The van der Waals surface area contributed by atoms with E-state index < -0.39 is 0 Å². The van der Waals surface area contributed by atoms with Gasteiger partial charge in [0.05, 0.1) is 16.6 Å². The van der Waals surface area contributed by atoms with Crippen LogP contribution in [0.4, 0.5) is 5.69 Å². The second kappa shape index (κ2) is 9.62.